The maximum Gasteiger partial charge on any atom is -1.00 e. The van der Waals surface area contributed by atoms with Gasteiger partial charge in [0.1, 0.15) is 0 Å². The summed E-state index contributed by atoms with van der Waals surface area (Å²) in [7, 11) is -2.27. The molecular formula is C42H34Cl2SiZr. The number of halogens is 2. The van der Waals surface area contributed by atoms with Gasteiger partial charge in [0, 0.05) is 0 Å². The second-order valence-electron chi connectivity index (χ2n) is 13.5. The SMILES string of the molecule is Cc1cc(C2=C3c4ccccc4[CH]2[Zr+2][CH]2C(c4cc(C)cc5ccccc45)=C(c4ccccc42)[Si]3(C)C)c2ccccc2c1.[Cl-].[Cl-]. The molecule has 6 aromatic carbocycles. The first kappa shape index (κ1) is 31.6. The minimum atomic E-state index is -2.27. The van der Waals surface area contributed by atoms with E-state index in [1.807, 2.05) is 0 Å². The van der Waals surface area contributed by atoms with Gasteiger partial charge in [-0.05, 0) is 0 Å². The van der Waals surface area contributed by atoms with E-state index < -0.39 is 31.3 Å². The minimum absolute atomic E-state index is 0. The van der Waals surface area contributed by atoms with Crippen LogP contribution in [0.4, 0.5) is 0 Å². The van der Waals surface area contributed by atoms with E-state index in [2.05, 4.69) is 148 Å². The van der Waals surface area contributed by atoms with Crippen molar-refractivity contribution in [1.82, 2.24) is 0 Å². The average molecular weight is 729 g/mol. The number of allylic oxidation sites excluding steroid dienone is 2. The Labute approximate surface area is 297 Å². The fourth-order valence-corrected chi connectivity index (χ4v) is 18.7. The van der Waals surface area contributed by atoms with Gasteiger partial charge in [-0.25, -0.2) is 0 Å². The van der Waals surface area contributed by atoms with Gasteiger partial charge in [0.25, 0.3) is 0 Å². The fraction of sp³-hybridized carbons (Fsp3) is 0.143. The van der Waals surface area contributed by atoms with E-state index >= 15 is 0 Å². The Bertz CT molecular complexity index is 2120. The molecule has 3 aliphatic rings. The molecule has 9 rings (SSSR count). The summed E-state index contributed by atoms with van der Waals surface area (Å²) in [5, 5.41) is 8.93. The molecular weight excluding hydrogens is 695 g/mol. The van der Waals surface area contributed by atoms with Crippen molar-refractivity contribution in [2.75, 3.05) is 0 Å². The van der Waals surface area contributed by atoms with Gasteiger partial charge in [-0.2, -0.15) is 0 Å². The summed E-state index contributed by atoms with van der Waals surface area (Å²) < 4.78 is 1.04. The number of rotatable bonds is 2. The molecule has 4 bridgehead atoms. The predicted molar refractivity (Wildman–Crippen MR) is 187 cm³/mol. The molecule has 0 saturated heterocycles. The molecule has 0 nitrogen and oxygen atoms in total. The first-order valence-electron chi connectivity index (χ1n) is 15.9. The van der Waals surface area contributed by atoms with Crippen molar-refractivity contribution in [3.63, 3.8) is 0 Å². The van der Waals surface area contributed by atoms with Gasteiger partial charge < -0.3 is 24.8 Å². The van der Waals surface area contributed by atoms with E-state index in [9.17, 15) is 0 Å². The van der Waals surface area contributed by atoms with E-state index in [4.69, 9.17) is 0 Å². The van der Waals surface area contributed by atoms with Crippen molar-refractivity contribution in [2.24, 2.45) is 0 Å². The molecule has 0 saturated carbocycles. The maximum atomic E-state index is 2.67. The van der Waals surface area contributed by atoms with Gasteiger partial charge in [-0.15, -0.1) is 0 Å². The second-order valence-corrected chi connectivity index (χ2v) is 21.4. The Morgan fingerprint density at radius 2 is 0.870 bits per heavy atom. The summed E-state index contributed by atoms with van der Waals surface area (Å²) in [4.78, 5) is 0. The molecule has 2 aliphatic carbocycles. The van der Waals surface area contributed by atoms with Crippen LogP contribution in [0.3, 0.4) is 0 Å². The summed E-state index contributed by atoms with van der Waals surface area (Å²) >= 11 is -1.14. The standard InChI is InChI=1S/C42H34Si.2ClH.Zr/c1-27-21-29-13-5-9-17-33(29)37(23-27)39-25-31-15-7-11-19-35(31)41(39)43(3,4)42-36-20-12-8-16-32(36)26-40(42)38-24-28(2)22-30-14-6-10-18-34(30)38;;;/h5-26H,1-4H3;2*1H;/q;;;+2/p-2. The maximum absolute atomic E-state index is 2.67. The molecule has 1 aliphatic heterocycles. The van der Waals surface area contributed by atoms with Crippen LogP contribution in [0.2, 0.25) is 13.1 Å². The molecule has 224 valence electrons. The van der Waals surface area contributed by atoms with Crippen molar-refractivity contribution < 1.29 is 48.0 Å². The van der Waals surface area contributed by atoms with Crippen LogP contribution in [-0.2, 0) is 23.2 Å². The van der Waals surface area contributed by atoms with E-state index in [-0.39, 0.29) is 24.8 Å². The van der Waals surface area contributed by atoms with Crippen LogP contribution in [0, 0.1) is 13.8 Å². The van der Waals surface area contributed by atoms with Gasteiger partial charge in [0.2, 0.25) is 0 Å². The molecule has 0 N–H and O–H groups in total. The molecule has 0 radical (unpaired) electrons. The summed E-state index contributed by atoms with van der Waals surface area (Å²) in [6.07, 6.45) is 0. The average Bonchev–Trinajstić information content (AvgIpc) is 3.55. The Kier molecular flexibility index (Phi) is 7.97. The van der Waals surface area contributed by atoms with E-state index in [1.165, 1.54) is 43.8 Å². The Morgan fingerprint density at radius 1 is 0.478 bits per heavy atom. The topological polar surface area (TPSA) is 0 Å². The zero-order valence-corrected chi connectivity index (χ0v) is 31.4. The van der Waals surface area contributed by atoms with Crippen LogP contribution in [0.5, 0.6) is 0 Å². The number of hydrogen-bond donors (Lipinski definition) is 0. The van der Waals surface area contributed by atoms with Gasteiger partial charge in [-0.3, -0.25) is 0 Å². The van der Waals surface area contributed by atoms with Crippen molar-refractivity contribution in [3.8, 4) is 0 Å². The smallest absolute Gasteiger partial charge is 1.00 e. The Morgan fingerprint density at radius 3 is 1.33 bits per heavy atom. The van der Waals surface area contributed by atoms with Crippen LogP contribution in [0.15, 0.2) is 121 Å². The van der Waals surface area contributed by atoms with Crippen molar-refractivity contribution >= 4 is 51.2 Å². The molecule has 6 aromatic rings. The quantitative estimate of drug-likeness (QED) is 0.217. The fourth-order valence-electron chi connectivity index (χ4n) is 8.77. The zero-order chi connectivity index (χ0) is 29.7. The summed E-state index contributed by atoms with van der Waals surface area (Å²) in [5.41, 5.74) is 15.4. The summed E-state index contributed by atoms with van der Waals surface area (Å²) in [5.74, 6) is 0. The van der Waals surface area contributed by atoms with Crippen LogP contribution >= 0.6 is 0 Å². The molecule has 0 spiro atoms. The number of aryl methyl sites for hydroxylation is 2. The van der Waals surface area contributed by atoms with Crippen LogP contribution in [0.1, 0.15) is 51.8 Å². The minimum Gasteiger partial charge on any atom is -1.00 e. The van der Waals surface area contributed by atoms with Crippen LogP contribution < -0.4 is 24.8 Å². The van der Waals surface area contributed by atoms with Crippen molar-refractivity contribution in [3.05, 3.63) is 166 Å². The molecule has 1 heterocycles. The van der Waals surface area contributed by atoms with E-state index in [1.54, 1.807) is 43.8 Å². The third kappa shape index (κ3) is 4.48. The summed E-state index contributed by atoms with van der Waals surface area (Å²) in [6, 6.07) is 47.0. The zero-order valence-electron chi connectivity index (χ0n) is 26.5. The summed E-state index contributed by atoms with van der Waals surface area (Å²) in [6.45, 7) is 9.90. The molecule has 0 aromatic heterocycles. The molecule has 0 fully saturated rings. The van der Waals surface area contributed by atoms with Gasteiger partial charge in [0.05, 0.1) is 0 Å². The van der Waals surface area contributed by atoms with E-state index in [0.717, 1.165) is 0 Å². The Balaban J connectivity index is 0.00000169. The van der Waals surface area contributed by atoms with E-state index in [0.29, 0.717) is 7.25 Å². The molecule has 0 amide bonds. The number of fused-ring (bicyclic) bond motifs is 10. The third-order valence-corrected chi connectivity index (χ3v) is 18.5. The van der Waals surface area contributed by atoms with Crippen LogP contribution in [-0.4, -0.2) is 8.07 Å². The third-order valence-electron chi connectivity index (χ3n) is 10.4. The van der Waals surface area contributed by atoms with Gasteiger partial charge in [-0.1, -0.05) is 0 Å². The molecule has 46 heavy (non-hydrogen) atoms. The first-order chi connectivity index (χ1) is 21.4. The second kappa shape index (κ2) is 11.6. The van der Waals surface area contributed by atoms with Crippen molar-refractivity contribution in [1.29, 1.82) is 0 Å². The first-order valence-corrected chi connectivity index (χ1v) is 21.7. The predicted octanol–water partition coefficient (Wildman–Crippen LogP) is 5.13. The number of hydrogen-bond acceptors (Lipinski definition) is 0. The monoisotopic (exact) mass is 726 g/mol. The molecule has 2 unspecified atom stereocenters. The van der Waals surface area contributed by atoms with Crippen molar-refractivity contribution in [2.45, 2.75) is 34.2 Å². The largest absolute Gasteiger partial charge is 1.00 e. The Hall–Kier alpha value is -3.00. The van der Waals surface area contributed by atoms with Gasteiger partial charge in [0.15, 0.2) is 0 Å². The van der Waals surface area contributed by atoms with Crippen LogP contribution in [0.25, 0.3) is 43.1 Å². The number of benzene rings is 6. The molecule has 4 heteroatoms. The molecule has 2 atom stereocenters. The van der Waals surface area contributed by atoms with Gasteiger partial charge >= 0.3 is 274 Å². The normalized spacial score (nSPS) is 18.5.